The van der Waals surface area contributed by atoms with Crippen molar-refractivity contribution in [3.05, 3.63) is 30.1 Å². The van der Waals surface area contributed by atoms with Gasteiger partial charge in [0, 0.05) is 0 Å². The lowest BCUT2D eigenvalue weighted by atomic mass is 9.94. The van der Waals surface area contributed by atoms with Crippen molar-refractivity contribution in [2.24, 2.45) is 5.92 Å². The fourth-order valence-electron chi connectivity index (χ4n) is 2.28. The highest BCUT2D eigenvalue weighted by Crippen LogP contribution is 2.40. The molecule has 1 fully saturated rings. The highest BCUT2D eigenvalue weighted by Gasteiger charge is 2.51. The Bertz CT molecular complexity index is 459. The topological polar surface area (TPSA) is 58.6 Å². The van der Waals surface area contributed by atoms with Crippen LogP contribution >= 0.6 is 0 Å². The lowest BCUT2D eigenvalue weighted by Gasteiger charge is -2.30. The van der Waals surface area contributed by atoms with Gasteiger partial charge >= 0.3 is 5.97 Å². The minimum absolute atomic E-state index is 0.0542. The molecule has 1 aromatic carbocycles. The molecule has 1 aliphatic carbocycles. The second-order valence-corrected chi connectivity index (χ2v) is 5.22. The monoisotopic (exact) mass is 281 g/mol. The van der Waals surface area contributed by atoms with Crippen molar-refractivity contribution >= 4 is 5.97 Å². The van der Waals surface area contributed by atoms with Gasteiger partial charge in [0.25, 0.3) is 0 Å². The highest BCUT2D eigenvalue weighted by molar-refractivity contribution is 5.80. The van der Waals surface area contributed by atoms with Crippen LogP contribution in [0.4, 0.5) is 4.39 Å². The number of rotatable bonds is 8. The number of benzene rings is 1. The van der Waals surface area contributed by atoms with Crippen LogP contribution in [0.1, 0.15) is 26.2 Å². The van der Waals surface area contributed by atoms with Crippen LogP contribution in [0.5, 0.6) is 5.75 Å². The SMILES string of the molecule is CCCNC(COc1ccc(F)cc1)(C(=O)O)C1CC1. The van der Waals surface area contributed by atoms with E-state index in [0.29, 0.717) is 12.3 Å². The number of carboxylic acids is 1. The molecule has 0 heterocycles. The second-order valence-electron chi connectivity index (χ2n) is 5.22. The van der Waals surface area contributed by atoms with Crippen LogP contribution in [0.2, 0.25) is 0 Å². The standard InChI is InChI=1S/C15H20FNO3/c1-2-9-17-15(14(18)19,11-3-4-11)10-20-13-7-5-12(16)6-8-13/h5-8,11,17H,2-4,9-10H2,1H3,(H,18,19). The first-order valence-electron chi connectivity index (χ1n) is 6.95. The number of nitrogens with one attached hydrogen (secondary N) is 1. The first kappa shape index (κ1) is 14.8. The fraction of sp³-hybridized carbons (Fsp3) is 0.533. The average Bonchev–Trinajstić information content (AvgIpc) is 3.26. The maximum atomic E-state index is 12.8. The largest absolute Gasteiger partial charge is 0.491 e. The van der Waals surface area contributed by atoms with Crippen LogP contribution in [0, 0.1) is 11.7 Å². The molecule has 0 spiro atoms. The minimum Gasteiger partial charge on any atom is -0.491 e. The second kappa shape index (κ2) is 6.22. The minimum atomic E-state index is -1.04. The molecule has 2 N–H and O–H groups in total. The summed E-state index contributed by atoms with van der Waals surface area (Å²) in [5.74, 6) is -0.633. The number of hydrogen-bond donors (Lipinski definition) is 2. The molecule has 1 atom stereocenters. The maximum absolute atomic E-state index is 12.8. The van der Waals surface area contributed by atoms with Gasteiger partial charge in [-0.2, -0.15) is 0 Å². The first-order chi connectivity index (χ1) is 9.58. The van der Waals surface area contributed by atoms with Crippen molar-refractivity contribution in [3.8, 4) is 5.75 Å². The number of hydrogen-bond acceptors (Lipinski definition) is 3. The summed E-state index contributed by atoms with van der Waals surface area (Å²) in [5, 5.41) is 12.7. The quantitative estimate of drug-likeness (QED) is 0.768. The highest BCUT2D eigenvalue weighted by atomic mass is 19.1. The summed E-state index contributed by atoms with van der Waals surface area (Å²) in [4.78, 5) is 11.7. The molecule has 0 radical (unpaired) electrons. The van der Waals surface area contributed by atoms with Crippen molar-refractivity contribution < 1.29 is 19.0 Å². The Kier molecular flexibility index (Phi) is 4.60. The van der Waals surface area contributed by atoms with Crippen LogP contribution in [0.25, 0.3) is 0 Å². The van der Waals surface area contributed by atoms with Crippen molar-refractivity contribution in [2.75, 3.05) is 13.2 Å². The first-order valence-corrected chi connectivity index (χ1v) is 6.95. The lowest BCUT2D eigenvalue weighted by molar-refractivity contribution is -0.147. The van der Waals surface area contributed by atoms with E-state index in [9.17, 15) is 14.3 Å². The van der Waals surface area contributed by atoms with Gasteiger partial charge in [-0.05, 0) is 56.0 Å². The van der Waals surface area contributed by atoms with Gasteiger partial charge in [0.05, 0.1) is 0 Å². The summed E-state index contributed by atoms with van der Waals surface area (Å²) < 4.78 is 18.4. The molecule has 0 aromatic heterocycles. The van der Waals surface area contributed by atoms with Crippen LogP contribution in [-0.4, -0.2) is 29.8 Å². The van der Waals surface area contributed by atoms with E-state index in [0.717, 1.165) is 19.3 Å². The van der Waals surface area contributed by atoms with E-state index >= 15 is 0 Å². The Labute approximate surface area is 117 Å². The Balaban J connectivity index is 2.06. The third kappa shape index (κ3) is 3.28. The summed E-state index contributed by atoms with van der Waals surface area (Å²) in [7, 11) is 0. The number of carboxylic acid groups (broad SMARTS) is 1. The number of aliphatic carboxylic acids is 1. The van der Waals surface area contributed by atoms with E-state index in [1.807, 2.05) is 6.92 Å². The van der Waals surface area contributed by atoms with Gasteiger partial charge in [0.15, 0.2) is 5.54 Å². The van der Waals surface area contributed by atoms with E-state index in [2.05, 4.69) is 5.32 Å². The third-order valence-corrected chi connectivity index (χ3v) is 3.63. The number of carbonyl (C=O) groups is 1. The van der Waals surface area contributed by atoms with Gasteiger partial charge in [-0.1, -0.05) is 6.92 Å². The van der Waals surface area contributed by atoms with E-state index in [-0.39, 0.29) is 18.3 Å². The van der Waals surface area contributed by atoms with Crippen LogP contribution in [0.15, 0.2) is 24.3 Å². The molecule has 1 saturated carbocycles. The Morgan fingerprint density at radius 2 is 2.10 bits per heavy atom. The molecule has 0 saturated heterocycles. The fourth-order valence-corrected chi connectivity index (χ4v) is 2.28. The predicted molar refractivity (Wildman–Crippen MR) is 73.3 cm³/mol. The molecule has 1 unspecified atom stereocenters. The van der Waals surface area contributed by atoms with Crippen molar-refractivity contribution in [2.45, 2.75) is 31.7 Å². The van der Waals surface area contributed by atoms with Gasteiger partial charge in [-0.25, -0.2) is 4.39 Å². The van der Waals surface area contributed by atoms with Gasteiger partial charge in [-0.15, -0.1) is 0 Å². The predicted octanol–water partition coefficient (Wildman–Crippen LogP) is 2.44. The smallest absolute Gasteiger partial charge is 0.327 e. The van der Waals surface area contributed by atoms with E-state index in [4.69, 9.17) is 4.74 Å². The lowest BCUT2D eigenvalue weighted by Crippen LogP contribution is -2.58. The molecule has 0 aliphatic heterocycles. The van der Waals surface area contributed by atoms with E-state index in [1.54, 1.807) is 0 Å². The van der Waals surface area contributed by atoms with E-state index in [1.165, 1.54) is 24.3 Å². The molecule has 1 aliphatic rings. The van der Waals surface area contributed by atoms with Gasteiger partial charge in [-0.3, -0.25) is 10.1 Å². The molecule has 0 amide bonds. The van der Waals surface area contributed by atoms with Crippen LogP contribution in [0.3, 0.4) is 0 Å². The maximum Gasteiger partial charge on any atom is 0.327 e. The molecule has 1 aromatic rings. The molecule has 4 nitrogen and oxygen atoms in total. The van der Waals surface area contributed by atoms with Crippen LogP contribution < -0.4 is 10.1 Å². The zero-order chi connectivity index (χ0) is 14.6. The normalized spacial score (nSPS) is 17.5. The van der Waals surface area contributed by atoms with Crippen molar-refractivity contribution in [1.29, 1.82) is 0 Å². The molecule has 110 valence electrons. The summed E-state index contributed by atoms with van der Waals surface area (Å²) >= 11 is 0. The Morgan fingerprint density at radius 3 is 2.60 bits per heavy atom. The summed E-state index contributed by atoms with van der Waals surface area (Å²) in [6.45, 7) is 2.68. The van der Waals surface area contributed by atoms with Crippen molar-refractivity contribution in [1.82, 2.24) is 5.32 Å². The number of halogens is 1. The summed E-state index contributed by atoms with van der Waals surface area (Å²) in [6.07, 6.45) is 2.66. The third-order valence-electron chi connectivity index (χ3n) is 3.63. The summed E-state index contributed by atoms with van der Waals surface area (Å²) in [5.41, 5.74) is -1.04. The average molecular weight is 281 g/mol. The zero-order valence-corrected chi connectivity index (χ0v) is 11.6. The van der Waals surface area contributed by atoms with Gasteiger partial charge < -0.3 is 9.84 Å². The molecule has 20 heavy (non-hydrogen) atoms. The number of ether oxygens (including phenoxy) is 1. The molecule has 0 bridgehead atoms. The van der Waals surface area contributed by atoms with Gasteiger partial charge in [0.1, 0.15) is 18.2 Å². The summed E-state index contributed by atoms with van der Waals surface area (Å²) in [6, 6.07) is 5.62. The van der Waals surface area contributed by atoms with Crippen LogP contribution in [-0.2, 0) is 4.79 Å². The molecular weight excluding hydrogens is 261 g/mol. The Hall–Kier alpha value is -1.62. The molecule has 2 rings (SSSR count). The zero-order valence-electron chi connectivity index (χ0n) is 11.6. The van der Waals surface area contributed by atoms with Crippen molar-refractivity contribution in [3.63, 3.8) is 0 Å². The Morgan fingerprint density at radius 1 is 1.45 bits per heavy atom. The van der Waals surface area contributed by atoms with Gasteiger partial charge in [0.2, 0.25) is 0 Å². The van der Waals surface area contributed by atoms with E-state index < -0.39 is 11.5 Å². The molecular formula is C15H20FNO3. The molecule has 5 heteroatoms.